The van der Waals surface area contributed by atoms with E-state index in [-0.39, 0.29) is 24.9 Å². The highest BCUT2D eigenvalue weighted by Gasteiger charge is 2.41. The van der Waals surface area contributed by atoms with E-state index >= 15 is 0 Å². The average Bonchev–Trinajstić information content (AvgIpc) is 3.35. The lowest BCUT2D eigenvalue weighted by Gasteiger charge is -2.28. The lowest BCUT2D eigenvalue weighted by molar-refractivity contribution is -0.150. The molecule has 3 unspecified atom stereocenters. The molecule has 4 rings (SSSR count). The van der Waals surface area contributed by atoms with Crippen molar-refractivity contribution in [3.63, 3.8) is 0 Å². The van der Waals surface area contributed by atoms with E-state index in [1.54, 1.807) is 0 Å². The van der Waals surface area contributed by atoms with Crippen LogP contribution in [0.4, 0.5) is 4.79 Å². The van der Waals surface area contributed by atoms with Crippen LogP contribution in [0.25, 0.3) is 11.1 Å². The zero-order valence-corrected chi connectivity index (χ0v) is 18.6. The number of aliphatic carboxylic acids is 1. The number of nitrogens with zero attached hydrogens (tertiary/aromatic N) is 1. The Kier molecular flexibility index (Phi) is 6.49. The molecule has 2 aromatic carbocycles. The lowest BCUT2D eigenvalue weighted by Crippen LogP contribution is -2.52. The molecule has 1 aliphatic carbocycles. The number of benzene rings is 2. The Balaban J connectivity index is 1.44. The first kappa shape index (κ1) is 22.6. The summed E-state index contributed by atoms with van der Waals surface area (Å²) in [7, 11) is 0. The van der Waals surface area contributed by atoms with E-state index in [1.807, 2.05) is 43.3 Å². The standard InChI is InChI=1S/C26H28N2O5/c1-3-8-22(24(29)28-14-13-16(2)23(28)25(30)31)27-26(32)33-15-21-19-11-6-4-9-17(19)18-10-5-7-12-20(18)21/h3-7,9-12,16,21-23H,1,8,13-15H2,2H3,(H,27,32)(H,30,31). The minimum atomic E-state index is -1.04. The molecule has 2 aromatic rings. The number of ether oxygens (including phenoxy) is 1. The van der Waals surface area contributed by atoms with Crippen LogP contribution >= 0.6 is 0 Å². The maximum atomic E-state index is 13.1. The van der Waals surface area contributed by atoms with Gasteiger partial charge >= 0.3 is 12.1 Å². The fraction of sp³-hybridized carbons (Fsp3) is 0.346. The molecule has 2 N–H and O–H groups in total. The summed E-state index contributed by atoms with van der Waals surface area (Å²) in [4.78, 5) is 38.7. The highest BCUT2D eigenvalue weighted by atomic mass is 16.5. The first-order chi connectivity index (χ1) is 15.9. The Hall–Kier alpha value is -3.61. The zero-order valence-electron chi connectivity index (χ0n) is 18.6. The van der Waals surface area contributed by atoms with Crippen molar-refractivity contribution < 1.29 is 24.2 Å². The monoisotopic (exact) mass is 448 g/mol. The van der Waals surface area contributed by atoms with Crippen LogP contribution in [0.15, 0.2) is 61.2 Å². The molecule has 0 spiro atoms. The number of carboxylic acid groups (broad SMARTS) is 1. The van der Waals surface area contributed by atoms with Crippen molar-refractivity contribution >= 4 is 18.0 Å². The third kappa shape index (κ3) is 4.35. The first-order valence-corrected chi connectivity index (χ1v) is 11.2. The second kappa shape index (κ2) is 9.48. The Bertz CT molecular complexity index is 1040. The molecule has 2 amide bonds. The van der Waals surface area contributed by atoms with Gasteiger partial charge in [-0.1, -0.05) is 61.5 Å². The maximum absolute atomic E-state index is 13.1. The molecule has 1 fully saturated rings. The fourth-order valence-electron chi connectivity index (χ4n) is 4.94. The van der Waals surface area contributed by atoms with Crippen LogP contribution in [0.5, 0.6) is 0 Å². The Morgan fingerprint density at radius 3 is 2.33 bits per heavy atom. The van der Waals surface area contributed by atoms with Crippen LogP contribution in [-0.2, 0) is 14.3 Å². The predicted molar refractivity (Wildman–Crippen MR) is 124 cm³/mol. The number of fused-ring (bicyclic) bond motifs is 3. The quantitative estimate of drug-likeness (QED) is 0.629. The zero-order chi connectivity index (χ0) is 23.5. The molecule has 1 saturated heterocycles. The van der Waals surface area contributed by atoms with Gasteiger partial charge in [-0.2, -0.15) is 0 Å². The van der Waals surface area contributed by atoms with Crippen LogP contribution in [0.3, 0.4) is 0 Å². The van der Waals surface area contributed by atoms with Gasteiger partial charge in [-0.25, -0.2) is 9.59 Å². The molecular formula is C26H28N2O5. The molecule has 7 heteroatoms. The van der Waals surface area contributed by atoms with Gasteiger partial charge in [0.2, 0.25) is 5.91 Å². The van der Waals surface area contributed by atoms with E-state index in [4.69, 9.17) is 4.74 Å². The van der Waals surface area contributed by atoms with Crippen LogP contribution < -0.4 is 5.32 Å². The molecule has 1 heterocycles. The Labute approximate surface area is 193 Å². The van der Waals surface area contributed by atoms with E-state index < -0.39 is 30.1 Å². The minimum Gasteiger partial charge on any atom is -0.480 e. The van der Waals surface area contributed by atoms with E-state index in [0.29, 0.717) is 13.0 Å². The fourth-order valence-corrected chi connectivity index (χ4v) is 4.94. The number of carboxylic acids is 1. The third-order valence-corrected chi connectivity index (χ3v) is 6.57. The van der Waals surface area contributed by atoms with Crippen LogP contribution in [0.1, 0.15) is 36.8 Å². The predicted octanol–water partition coefficient (Wildman–Crippen LogP) is 3.79. The molecule has 0 bridgehead atoms. The topological polar surface area (TPSA) is 95.9 Å². The molecule has 7 nitrogen and oxygen atoms in total. The lowest BCUT2D eigenvalue weighted by atomic mass is 9.98. The first-order valence-electron chi connectivity index (χ1n) is 11.2. The molecule has 0 radical (unpaired) electrons. The summed E-state index contributed by atoms with van der Waals surface area (Å²) in [6.07, 6.45) is 1.60. The highest BCUT2D eigenvalue weighted by molar-refractivity contribution is 5.90. The smallest absolute Gasteiger partial charge is 0.407 e. The number of amides is 2. The van der Waals surface area contributed by atoms with Gasteiger partial charge in [-0.05, 0) is 41.0 Å². The number of alkyl carbamates (subject to hydrolysis) is 1. The number of rotatable bonds is 7. The largest absolute Gasteiger partial charge is 0.480 e. The van der Waals surface area contributed by atoms with Gasteiger partial charge in [0.05, 0.1) is 0 Å². The SMILES string of the molecule is C=CCC(NC(=O)OCC1c2ccccc2-c2ccccc21)C(=O)N1CCC(C)C1C(=O)O. The summed E-state index contributed by atoms with van der Waals surface area (Å²) in [6, 6.07) is 14.3. The second-order valence-electron chi connectivity index (χ2n) is 8.63. The molecule has 3 atom stereocenters. The van der Waals surface area contributed by atoms with Crippen molar-refractivity contribution in [1.82, 2.24) is 10.2 Å². The normalized spacial score (nSPS) is 20.0. The number of carbonyl (C=O) groups is 3. The van der Waals surface area contributed by atoms with Gasteiger partial charge in [0.1, 0.15) is 18.7 Å². The Morgan fingerprint density at radius 2 is 1.76 bits per heavy atom. The van der Waals surface area contributed by atoms with E-state index in [9.17, 15) is 19.5 Å². The molecule has 1 aliphatic heterocycles. The van der Waals surface area contributed by atoms with Gasteiger partial charge in [-0.3, -0.25) is 4.79 Å². The van der Waals surface area contributed by atoms with Crippen molar-refractivity contribution in [2.24, 2.45) is 5.92 Å². The molecule has 0 aromatic heterocycles. The molecule has 2 aliphatic rings. The molecule has 0 saturated carbocycles. The summed E-state index contributed by atoms with van der Waals surface area (Å²) in [6.45, 7) is 5.96. The number of hydrogen-bond donors (Lipinski definition) is 2. The van der Waals surface area contributed by atoms with Crippen molar-refractivity contribution in [2.75, 3.05) is 13.2 Å². The van der Waals surface area contributed by atoms with Crippen molar-refractivity contribution in [1.29, 1.82) is 0 Å². The number of hydrogen-bond acceptors (Lipinski definition) is 4. The van der Waals surface area contributed by atoms with Gasteiger partial charge < -0.3 is 20.1 Å². The van der Waals surface area contributed by atoms with E-state index in [0.717, 1.165) is 22.3 Å². The van der Waals surface area contributed by atoms with E-state index in [2.05, 4.69) is 24.0 Å². The third-order valence-electron chi connectivity index (χ3n) is 6.57. The number of carbonyl (C=O) groups excluding carboxylic acids is 2. The summed E-state index contributed by atoms with van der Waals surface area (Å²) < 4.78 is 5.55. The van der Waals surface area contributed by atoms with E-state index in [1.165, 1.54) is 11.0 Å². The van der Waals surface area contributed by atoms with Crippen molar-refractivity contribution in [2.45, 2.75) is 37.8 Å². The van der Waals surface area contributed by atoms with Crippen LogP contribution in [0.2, 0.25) is 0 Å². The number of likely N-dealkylation sites (tertiary alicyclic amines) is 1. The summed E-state index contributed by atoms with van der Waals surface area (Å²) in [5.41, 5.74) is 4.45. The minimum absolute atomic E-state index is 0.0903. The van der Waals surface area contributed by atoms with Gasteiger partial charge in [0.15, 0.2) is 0 Å². The van der Waals surface area contributed by atoms with Gasteiger partial charge in [0, 0.05) is 12.5 Å². The second-order valence-corrected chi connectivity index (χ2v) is 8.63. The Morgan fingerprint density at radius 1 is 1.15 bits per heavy atom. The van der Waals surface area contributed by atoms with Crippen LogP contribution in [-0.4, -0.2) is 53.2 Å². The van der Waals surface area contributed by atoms with Gasteiger partial charge in [-0.15, -0.1) is 6.58 Å². The van der Waals surface area contributed by atoms with Crippen molar-refractivity contribution in [3.05, 3.63) is 72.3 Å². The summed E-state index contributed by atoms with van der Waals surface area (Å²) in [5.74, 6) is -1.70. The average molecular weight is 449 g/mol. The van der Waals surface area contributed by atoms with Crippen LogP contribution in [0, 0.1) is 5.92 Å². The van der Waals surface area contributed by atoms with Crippen molar-refractivity contribution in [3.8, 4) is 11.1 Å². The maximum Gasteiger partial charge on any atom is 0.407 e. The number of nitrogens with one attached hydrogen (secondary N) is 1. The summed E-state index contributed by atoms with van der Waals surface area (Å²) >= 11 is 0. The molecule has 33 heavy (non-hydrogen) atoms. The molecular weight excluding hydrogens is 420 g/mol. The molecule has 172 valence electrons. The highest BCUT2D eigenvalue weighted by Crippen LogP contribution is 2.44. The summed E-state index contributed by atoms with van der Waals surface area (Å²) in [5, 5.41) is 12.2. The van der Waals surface area contributed by atoms with Gasteiger partial charge in [0.25, 0.3) is 0 Å².